The van der Waals surface area contributed by atoms with Crippen LogP contribution in [0.3, 0.4) is 0 Å². The van der Waals surface area contributed by atoms with Gasteiger partial charge in [0.15, 0.2) is 0 Å². The van der Waals surface area contributed by atoms with Crippen molar-refractivity contribution in [3.63, 3.8) is 0 Å². The van der Waals surface area contributed by atoms with Crippen LogP contribution in [0.2, 0.25) is 0 Å². The van der Waals surface area contributed by atoms with Gasteiger partial charge in [-0.2, -0.15) is 13.2 Å². The maximum atomic E-state index is 13.4. The summed E-state index contributed by atoms with van der Waals surface area (Å²) in [6, 6.07) is 2.30. The Bertz CT molecular complexity index is 809. The second kappa shape index (κ2) is 7.44. The second-order valence-corrected chi connectivity index (χ2v) is 7.24. The number of amides is 2. The van der Waals surface area contributed by atoms with Gasteiger partial charge in [0.1, 0.15) is 0 Å². The van der Waals surface area contributed by atoms with E-state index in [2.05, 4.69) is 0 Å². The Morgan fingerprint density at radius 2 is 1.86 bits per heavy atom. The number of alkyl halides is 3. The van der Waals surface area contributed by atoms with Crippen molar-refractivity contribution in [1.29, 1.82) is 0 Å². The summed E-state index contributed by atoms with van der Waals surface area (Å²) in [5.41, 5.74) is -1.16. The van der Waals surface area contributed by atoms with Gasteiger partial charge in [0, 0.05) is 36.8 Å². The fourth-order valence-corrected chi connectivity index (χ4v) is 3.90. The molecule has 6 nitrogen and oxygen atoms in total. The van der Waals surface area contributed by atoms with Gasteiger partial charge < -0.3 is 14.9 Å². The molecule has 1 aromatic carbocycles. The molecule has 0 saturated carbocycles. The minimum Gasteiger partial charge on any atom is -0.481 e. The van der Waals surface area contributed by atoms with Crippen molar-refractivity contribution in [3.8, 4) is 0 Å². The van der Waals surface area contributed by atoms with E-state index in [0.717, 1.165) is 12.1 Å². The molecule has 1 aromatic rings. The first-order valence-corrected chi connectivity index (χ1v) is 9.16. The normalized spacial score (nSPS) is 23.2. The average molecular weight is 398 g/mol. The molecule has 0 radical (unpaired) electrons. The monoisotopic (exact) mass is 398 g/mol. The van der Waals surface area contributed by atoms with Crippen molar-refractivity contribution in [1.82, 2.24) is 4.90 Å². The maximum absolute atomic E-state index is 13.4. The molecule has 1 N–H and O–H groups in total. The van der Waals surface area contributed by atoms with Crippen LogP contribution in [0.4, 0.5) is 18.9 Å². The Morgan fingerprint density at radius 1 is 1.14 bits per heavy atom. The van der Waals surface area contributed by atoms with Crippen LogP contribution in [-0.2, 0) is 15.8 Å². The van der Waals surface area contributed by atoms with E-state index in [4.69, 9.17) is 0 Å². The number of nitrogens with zero attached hydrogens (tertiary/aromatic N) is 2. The lowest BCUT2D eigenvalue weighted by molar-refractivity contribution is -0.145. The van der Waals surface area contributed by atoms with Gasteiger partial charge in [0.25, 0.3) is 5.91 Å². The van der Waals surface area contributed by atoms with Gasteiger partial charge in [-0.15, -0.1) is 0 Å². The largest absolute Gasteiger partial charge is 0.481 e. The predicted molar refractivity (Wildman–Crippen MR) is 93.9 cm³/mol. The third-order valence-electron chi connectivity index (χ3n) is 5.44. The van der Waals surface area contributed by atoms with E-state index in [9.17, 15) is 32.7 Å². The molecule has 9 heteroatoms. The molecule has 2 heterocycles. The molecule has 152 valence electrons. The third-order valence-corrected chi connectivity index (χ3v) is 5.44. The van der Waals surface area contributed by atoms with E-state index in [1.165, 1.54) is 15.9 Å². The van der Waals surface area contributed by atoms with E-state index >= 15 is 0 Å². The molecular weight excluding hydrogens is 377 g/mol. The van der Waals surface area contributed by atoms with E-state index in [0.29, 0.717) is 25.8 Å². The lowest BCUT2D eigenvalue weighted by atomic mass is 9.89. The Hall–Kier alpha value is -2.58. The van der Waals surface area contributed by atoms with Crippen LogP contribution >= 0.6 is 0 Å². The molecule has 0 aromatic heterocycles. The fourth-order valence-electron chi connectivity index (χ4n) is 3.90. The number of rotatable bonds is 3. The molecule has 2 saturated heterocycles. The van der Waals surface area contributed by atoms with Crippen LogP contribution in [-0.4, -0.2) is 46.9 Å². The number of halogens is 3. The first-order chi connectivity index (χ1) is 13.1. The summed E-state index contributed by atoms with van der Waals surface area (Å²) in [5.74, 6) is -2.73. The molecule has 2 fully saturated rings. The number of anilines is 1. The number of benzene rings is 1. The Balaban J connectivity index is 1.99. The lowest BCUT2D eigenvalue weighted by Crippen LogP contribution is -2.49. The minimum atomic E-state index is -4.68. The minimum absolute atomic E-state index is 0.0418. The fraction of sp³-hybridized carbons (Fsp3) is 0.526. The number of carbonyl (C=O) groups excluding carboxylic acids is 2. The van der Waals surface area contributed by atoms with Crippen LogP contribution in [0.1, 0.15) is 48.5 Å². The highest BCUT2D eigenvalue weighted by Gasteiger charge is 2.38. The average Bonchev–Trinajstić information content (AvgIpc) is 3.06. The topological polar surface area (TPSA) is 77.9 Å². The number of hydrogen-bond donors (Lipinski definition) is 1. The molecule has 2 aliphatic heterocycles. The van der Waals surface area contributed by atoms with Gasteiger partial charge in [0.2, 0.25) is 5.91 Å². The number of hydrogen-bond acceptors (Lipinski definition) is 3. The highest BCUT2D eigenvalue weighted by molar-refractivity contribution is 5.99. The van der Waals surface area contributed by atoms with E-state index in [1.54, 1.807) is 6.92 Å². The van der Waals surface area contributed by atoms with Crippen LogP contribution in [0.15, 0.2) is 18.2 Å². The Morgan fingerprint density at radius 3 is 2.43 bits per heavy atom. The standard InChI is InChI=1S/C19H21F3N2O4/c1-11-15(18(27)28)4-2-6-23(11)17(26)12-8-13(19(20,21)22)10-14(9-12)24-7-3-5-16(24)25/h8-11,15H,2-7H2,1H3,(H,27,28)/t11-,15-/m1/s1. The molecule has 2 atom stereocenters. The van der Waals surface area contributed by atoms with Gasteiger partial charge in [-0.3, -0.25) is 14.4 Å². The zero-order valence-electron chi connectivity index (χ0n) is 15.3. The van der Waals surface area contributed by atoms with Crippen LogP contribution in [0.5, 0.6) is 0 Å². The zero-order chi connectivity index (χ0) is 20.6. The number of carbonyl (C=O) groups is 3. The van der Waals surface area contributed by atoms with Crippen molar-refractivity contribution in [2.45, 2.75) is 44.8 Å². The number of piperidine rings is 1. The summed E-state index contributed by atoms with van der Waals surface area (Å²) in [5, 5.41) is 9.32. The summed E-state index contributed by atoms with van der Waals surface area (Å²) < 4.78 is 40.1. The van der Waals surface area contributed by atoms with E-state index < -0.39 is 35.6 Å². The van der Waals surface area contributed by atoms with Crippen LogP contribution < -0.4 is 4.90 Å². The lowest BCUT2D eigenvalue weighted by Gasteiger charge is -2.37. The van der Waals surface area contributed by atoms with Crippen molar-refractivity contribution >= 4 is 23.5 Å². The maximum Gasteiger partial charge on any atom is 0.416 e. The molecule has 28 heavy (non-hydrogen) atoms. The number of carboxylic acid groups (broad SMARTS) is 1. The summed E-state index contributed by atoms with van der Waals surface area (Å²) in [4.78, 5) is 38.9. The van der Waals surface area contributed by atoms with Crippen LogP contribution in [0, 0.1) is 5.92 Å². The molecule has 0 unspecified atom stereocenters. The van der Waals surface area contributed by atoms with Gasteiger partial charge in [-0.25, -0.2) is 0 Å². The summed E-state index contributed by atoms with van der Waals surface area (Å²) in [6.45, 7) is 2.17. The Kier molecular flexibility index (Phi) is 5.36. The highest BCUT2D eigenvalue weighted by Crippen LogP contribution is 2.35. The molecule has 2 aliphatic rings. The van der Waals surface area contributed by atoms with Gasteiger partial charge in [0.05, 0.1) is 11.5 Å². The predicted octanol–water partition coefficient (Wildman–Crippen LogP) is 3.16. The van der Waals surface area contributed by atoms with Gasteiger partial charge in [-0.1, -0.05) is 0 Å². The first-order valence-electron chi connectivity index (χ1n) is 9.16. The third kappa shape index (κ3) is 3.83. The summed E-state index contributed by atoms with van der Waals surface area (Å²) >= 11 is 0. The Labute approximate surface area is 159 Å². The second-order valence-electron chi connectivity index (χ2n) is 7.24. The molecule has 0 aliphatic carbocycles. The molecular formula is C19H21F3N2O4. The van der Waals surface area contributed by atoms with E-state index in [-0.39, 0.29) is 30.1 Å². The number of carboxylic acids is 1. The first kappa shape index (κ1) is 20.2. The molecule has 0 bridgehead atoms. The van der Waals surface area contributed by atoms with Crippen molar-refractivity contribution in [2.75, 3.05) is 18.0 Å². The summed E-state index contributed by atoms with van der Waals surface area (Å²) in [6.07, 6.45) is -3.00. The van der Waals surface area contributed by atoms with Gasteiger partial charge >= 0.3 is 12.1 Å². The molecule has 3 rings (SSSR count). The van der Waals surface area contributed by atoms with Crippen molar-refractivity contribution in [3.05, 3.63) is 29.3 Å². The highest BCUT2D eigenvalue weighted by atomic mass is 19.4. The zero-order valence-corrected chi connectivity index (χ0v) is 15.3. The van der Waals surface area contributed by atoms with Gasteiger partial charge in [-0.05, 0) is 44.4 Å². The summed E-state index contributed by atoms with van der Waals surface area (Å²) in [7, 11) is 0. The molecule has 2 amide bonds. The number of aliphatic carboxylic acids is 1. The smallest absolute Gasteiger partial charge is 0.416 e. The van der Waals surface area contributed by atoms with Crippen molar-refractivity contribution in [2.24, 2.45) is 5.92 Å². The SMILES string of the molecule is C[C@@H]1[C@H](C(=O)O)CCCN1C(=O)c1cc(N2CCCC2=O)cc(C(F)(F)F)c1. The van der Waals surface area contributed by atoms with Crippen LogP contribution in [0.25, 0.3) is 0 Å². The number of likely N-dealkylation sites (tertiary alicyclic amines) is 1. The van der Waals surface area contributed by atoms with E-state index in [1.807, 2.05) is 0 Å². The molecule has 0 spiro atoms. The van der Waals surface area contributed by atoms with Crippen molar-refractivity contribution < 1.29 is 32.7 Å². The quantitative estimate of drug-likeness (QED) is 0.849.